The topological polar surface area (TPSA) is 72.2 Å². The second kappa shape index (κ2) is 3.99. The number of hydrogen-bond acceptors (Lipinski definition) is 4. The molecule has 0 aromatic carbocycles. The molecule has 0 saturated carbocycles. The molecular formula is C7H8N2O3S. The molecule has 1 aromatic rings. The normalized spacial score (nSPS) is 9.62. The van der Waals surface area contributed by atoms with Crippen molar-refractivity contribution in [1.29, 1.82) is 0 Å². The summed E-state index contributed by atoms with van der Waals surface area (Å²) in [6, 6.07) is 2.78. The molecular weight excluding hydrogens is 192 g/mol. The van der Waals surface area contributed by atoms with E-state index in [2.05, 4.69) is 5.32 Å². The van der Waals surface area contributed by atoms with Crippen molar-refractivity contribution in [2.75, 3.05) is 6.54 Å². The fourth-order valence-electron chi connectivity index (χ4n) is 0.796. The Balaban J connectivity index is 2.79. The highest BCUT2D eigenvalue weighted by Gasteiger charge is 2.13. The van der Waals surface area contributed by atoms with Crippen molar-refractivity contribution in [3.8, 4) is 0 Å². The maximum atomic E-state index is 11.2. The van der Waals surface area contributed by atoms with E-state index in [1.807, 2.05) is 0 Å². The van der Waals surface area contributed by atoms with Crippen molar-refractivity contribution >= 4 is 22.2 Å². The molecule has 1 rings (SSSR count). The van der Waals surface area contributed by atoms with Crippen LogP contribution in [0.4, 0.5) is 5.00 Å². The predicted molar refractivity (Wildman–Crippen MR) is 49.0 cm³/mol. The van der Waals surface area contributed by atoms with Crippen LogP contribution in [0.3, 0.4) is 0 Å². The molecule has 0 aliphatic heterocycles. The van der Waals surface area contributed by atoms with E-state index >= 15 is 0 Å². The first kappa shape index (κ1) is 9.66. The smallest absolute Gasteiger partial charge is 0.324 e. The Morgan fingerprint density at radius 3 is 2.85 bits per heavy atom. The minimum Gasteiger partial charge on any atom is -0.352 e. The zero-order valence-electron chi connectivity index (χ0n) is 6.94. The fraction of sp³-hybridized carbons (Fsp3) is 0.286. The number of rotatable bonds is 3. The number of nitrogens with zero attached hydrogens (tertiary/aromatic N) is 1. The number of amides is 1. The number of thiophene rings is 1. The lowest BCUT2D eigenvalue weighted by Crippen LogP contribution is -2.21. The van der Waals surface area contributed by atoms with Gasteiger partial charge in [0.25, 0.3) is 5.91 Å². The summed E-state index contributed by atoms with van der Waals surface area (Å²) in [5.41, 5.74) is 0. The van der Waals surface area contributed by atoms with Gasteiger partial charge in [0.15, 0.2) is 0 Å². The van der Waals surface area contributed by atoms with E-state index in [-0.39, 0.29) is 10.9 Å². The van der Waals surface area contributed by atoms with Gasteiger partial charge < -0.3 is 5.32 Å². The lowest BCUT2D eigenvalue weighted by molar-refractivity contribution is -0.380. The molecule has 70 valence electrons. The second-order valence-electron chi connectivity index (χ2n) is 2.25. The van der Waals surface area contributed by atoms with Gasteiger partial charge in [0.1, 0.15) is 0 Å². The molecule has 0 aliphatic rings. The van der Waals surface area contributed by atoms with Gasteiger partial charge in [-0.05, 0) is 13.0 Å². The average molecular weight is 200 g/mol. The summed E-state index contributed by atoms with van der Waals surface area (Å²) in [5.74, 6) is -0.263. The molecule has 0 spiro atoms. The third-order valence-electron chi connectivity index (χ3n) is 1.33. The largest absolute Gasteiger partial charge is 0.352 e. The molecule has 6 heteroatoms. The summed E-state index contributed by atoms with van der Waals surface area (Å²) in [5, 5.41) is 12.8. The van der Waals surface area contributed by atoms with Crippen molar-refractivity contribution in [3.63, 3.8) is 0 Å². The predicted octanol–water partition coefficient (Wildman–Crippen LogP) is 1.41. The van der Waals surface area contributed by atoms with Crippen molar-refractivity contribution in [3.05, 3.63) is 27.1 Å². The van der Waals surface area contributed by atoms with Crippen molar-refractivity contribution in [1.82, 2.24) is 5.32 Å². The third kappa shape index (κ3) is 2.25. The van der Waals surface area contributed by atoms with E-state index < -0.39 is 4.92 Å². The minimum atomic E-state index is -0.507. The summed E-state index contributed by atoms with van der Waals surface area (Å²) in [7, 11) is 0. The molecule has 0 radical (unpaired) electrons. The van der Waals surface area contributed by atoms with Crippen LogP contribution < -0.4 is 5.32 Å². The van der Waals surface area contributed by atoms with Gasteiger partial charge in [-0.1, -0.05) is 11.3 Å². The van der Waals surface area contributed by atoms with Crippen molar-refractivity contribution in [2.24, 2.45) is 0 Å². The highest BCUT2D eigenvalue weighted by molar-refractivity contribution is 7.17. The Labute approximate surface area is 78.5 Å². The summed E-state index contributed by atoms with van der Waals surface area (Å²) in [4.78, 5) is 21.3. The van der Waals surface area contributed by atoms with Crippen LogP contribution in [0.5, 0.6) is 0 Å². The highest BCUT2D eigenvalue weighted by Crippen LogP contribution is 2.23. The van der Waals surface area contributed by atoms with E-state index in [0.717, 1.165) is 11.3 Å². The van der Waals surface area contributed by atoms with E-state index in [1.165, 1.54) is 12.1 Å². The van der Waals surface area contributed by atoms with Crippen LogP contribution in [0, 0.1) is 10.1 Å². The minimum absolute atomic E-state index is 0.0127. The first-order chi connectivity index (χ1) is 6.15. The quantitative estimate of drug-likeness (QED) is 0.592. The van der Waals surface area contributed by atoms with Gasteiger partial charge >= 0.3 is 5.00 Å². The van der Waals surface area contributed by atoms with Gasteiger partial charge in [-0.2, -0.15) is 0 Å². The number of carbonyl (C=O) groups excluding carboxylic acids is 1. The molecule has 0 saturated heterocycles. The Morgan fingerprint density at radius 2 is 2.38 bits per heavy atom. The highest BCUT2D eigenvalue weighted by atomic mass is 32.1. The first-order valence-corrected chi connectivity index (χ1v) is 4.49. The molecule has 1 heterocycles. The van der Waals surface area contributed by atoms with Crippen LogP contribution in [-0.4, -0.2) is 17.4 Å². The molecule has 1 amide bonds. The SMILES string of the molecule is CCNC(=O)c1ccc([N+](=O)[O-])s1. The molecule has 0 fully saturated rings. The summed E-state index contributed by atoms with van der Waals surface area (Å²) < 4.78 is 0. The summed E-state index contributed by atoms with van der Waals surface area (Å²) in [6.45, 7) is 2.31. The molecule has 0 bridgehead atoms. The van der Waals surface area contributed by atoms with E-state index in [9.17, 15) is 14.9 Å². The Bertz CT molecular complexity index is 334. The van der Waals surface area contributed by atoms with Gasteiger partial charge in [-0.15, -0.1) is 0 Å². The summed E-state index contributed by atoms with van der Waals surface area (Å²) in [6.07, 6.45) is 0. The Hall–Kier alpha value is -1.43. The van der Waals surface area contributed by atoms with Gasteiger partial charge in [0.05, 0.1) is 9.80 Å². The lowest BCUT2D eigenvalue weighted by Gasteiger charge is -1.95. The first-order valence-electron chi connectivity index (χ1n) is 3.67. The molecule has 0 unspecified atom stereocenters. The Morgan fingerprint density at radius 1 is 1.69 bits per heavy atom. The molecule has 13 heavy (non-hydrogen) atoms. The van der Waals surface area contributed by atoms with E-state index in [4.69, 9.17) is 0 Å². The zero-order chi connectivity index (χ0) is 9.84. The molecule has 0 atom stereocenters. The summed E-state index contributed by atoms with van der Waals surface area (Å²) >= 11 is 0.878. The van der Waals surface area contributed by atoms with Crippen LogP contribution in [0.2, 0.25) is 0 Å². The van der Waals surface area contributed by atoms with Gasteiger partial charge in [0, 0.05) is 12.6 Å². The monoisotopic (exact) mass is 200 g/mol. The maximum Gasteiger partial charge on any atom is 0.324 e. The Kier molecular flexibility index (Phi) is 2.97. The number of nitro groups is 1. The van der Waals surface area contributed by atoms with Crippen LogP contribution in [0.15, 0.2) is 12.1 Å². The molecule has 5 nitrogen and oxygen atoms in total. The second-order valence-corrected chi connectivity index (χ2v) is 3.32. The molecule has 1 N–H and O–H groups in total. The number of carbonyl (C=O) groups is 1. The van der Waals surface area contributed by atoms with E-state index in [0.29, 0.717) is 11.4 Å². The number of hydrogen-bond donors (Lipinski definition) is 1. The maximum absolute atomic E-state index is 11.2. The molecule has 0 aliphatic carbocycles. The molecule has 1 aromatic heterocycles. The van der Waals surface area contributed by atoms with Gasteiger partial charge in [0.2, 0.25) is 0 Å². The fourth-order valence-corrected chi connectivity index (χ4v) is 1.53. The van der Waals surface area contributed by atoms with Gasteiger partial charge in [-0.25, -0.2) is 0 Å². The van der Waals surface area contributed by atoms with Crippen LogP contribution in [0.25, 0.3) is 0 Å². The van der Waals surface area contributed by atoms with Crippen molar-refractivity contribution < 1.29 is 9.72 Å². The number of nitrogens with one attached hydrogen (secondary N) is 1. The van der Waals surface area contributed by atoms with Crippen LogP contribution in [0.1, 0.15) is 16.6 Å². The van der Waals surface area contributed by atoms with Crippen molar-refractivity contribution in [2.45, 2.75) is 6.92 Å². The van der Waals surface area contributed by atoms with Crippen LogP contribution in [-0.2, 0) is 0 Å². The van der Waals surface area contributed by atoms with Gasteiger partial charge in [-0.3, -0.25) is 14.9 Å². The zero-order valence-corrected chi connectivity index (χ0v) is 7.76. The lowest BCUT2D eigenvalue weighted by atomic mass is 10.4. The van der Waals surface area contributed by atoms with Crippen LogP contribution >= 0.6 is 11.3 Å². The average Bonchev–Trinajstić information content (AvgIpc) is 2.52. The standard InChI is InChI=1S/C7H8N2O3S/c1-2-8-7(10)5-3-4-6(13-5)9(11)12/h3-4H,2H2,1H3,(H,8,10). The third-order valence-corrected chi connectivity index (χ3v) is 2.37. The van der Waals surface area contributed by atoms with E-state index in [1.54, 1.807) is 6.92 Å².